The topological polar surface area (TPSA) is 82.6 Å². The highest BCUT2D eigenvalue weighted by molar-refractivity contribution is 7.88. The van der Waals surface area contributed by atoms with Crippen molar-refractivity contribution < 1.29 is 8.42 Å². The molecule has 0 fully saturated rings. The van der Waals surface area contributed by atoms with Gasteiger partial charge in [-0.1, -0.05) is 31.2 Å². The molecule has 0 saturated heterocycles. The molecule has 0 saturated carbocycles. The molecule has 0 aromatic heterocycles. The van der Waals surface area contributed by atoms with Crippen LogP contribution in [0.4, 0.5) is 0 Å². The minimum Gasteiger partial charge on any atom is -0.357 e. The Hall–Kier alpha value is -1.60. The molecule has 0 spiro atoms. The molecule has 6 nitrogen and oxygen atoms in total. The first-order chi connectivity index (χ1) is 10.9. The van der Waals surface area contributed by atoms with Crippen LogP contribution in [0.3, 0.4) is 0 Å². The second kappa shape index (κ2) is 9.52. The summed E-state index contributed by atoms with van der Waals surface area (Å²) in [6, 6.07) is 7.85. The molecule has 0 aliphatic carbocycles. The van der Waals surface area contributed by atoms with Crippen molar-refractivity contribution in [2.24, 2.45) is 4.99 Å². The van der Waals surface area contributed by atoms with Crippen LogP contribution in [0, 0.1) is 0 Å². The van der Waals surface area contributed by atoms with E-state index in [1.165, 1.54) is 7.05 Å². The van der Waals surface area contributed by atoms with Crippen LogP contribution in [0.2, 0.25) is 0 Å². The van der Waals surface area contributed by atoms with Crippen molar-refractivity contribution in [3.05, 3.63) is 35.4 Å². The van der Waals surface area contributed by atoms with Gasteiger partial charge in [-0.3, -0.25) is 0 Å². The average molecular weight is 340 g/mol. The molecule has 0 heterocycles. The van der Waals surface area contributed by atoms with Crippen molar-refractivity contribution in [2.45, 2.75) is 45.5 Å². The molecule has 0 aliphatic heterocycles. The number of rotatable bonds is 8. The predicted molar refractivity (Wildman–Crippen MR) is 95.8 cm³/mol. The van der Waals surface area contributed by atoms with Gasteiger partial charge in [0.1, 0.15) is 0 Å². The second-order valence-corrected chi connectivity index (χ2v) is 7.36. The number of guanidine groups is 1. The van der Waals surface area contributed by atoms with Gasteiger partial charge in [0.2, 0.25) is 10.0 Å². The molecular weight excluding hydrogens is 312 g/mol. The summed E-state index contributed by atoms with van der Waals surface area (Å²) < 4.78 is 25.6. The summed E-state index contributed by atoms with van der Waals surface area (Å²) >= 11 is 0. The predicted octanol–water partition coefficient (Wildman–Crippen LogP) is 1.59. The zero-order valence-electron chi connectivity index (χ0n) is 14.4. The van der Waals surface area contributed by atoms with Crippen molar-refractivity contribution in [1.82, 2.24) is 15.4 Å². The van der Waals surface area contributed by atoms with Crippen LogP contribution >= 0.6 is 0 Å². The lowest BCUT2D eigenvalue weighted by Crippen LogP contribution is -2.41. The van der Waals surface area contributed by atoms with Gasteiger partial charge in [-0.15, -0.1) is 0 Å². The summed E-state index contributed by atoms with van der Waals surface area (Å²) in [6.07, 6.45) is 1.02. The first-order valence-electron chi connectivity index (χ1n) is 7.94. The molecule has 1 aromatic rings. The van der Waals surface area contributed by atoms with E-state index < -0.39 is 10.0 Å². The van der Waals surface area contributed by atoms with Crippen molar-refractivity contribution in [3.8, 4) is 0 Å². The van der Waals surface area contributed by atoms with Gasteiger partial charge < -0.3 is 10.6 Å². The normalized spacial score (nSPS) is 13.7. The summed E-state index contributed by atoms with van der Waals surface area (Å²) in [5.41, 5.74) is 1.74. The quantitative estimate of drug-likeness (QED) is 0.496. The molecule has 0 aliphatic rings. The second-order valence-electron chi connectivity index (χ2n) is 5.43. The van der Waals surface area contributed by atoms with E-state index in [-0.39, 0.29) is 5.75 Å². The van der Waals surface area contributed by atoms with Crippen molar-refractivity contribution in [3.63, 3.8) is 0 Å². The number of nitrogens with zero attached hydrogens (tertiary/aromatic N) is 1. The minimum absolute atomic E-state index is 0.0216. The lowest BCUT2D eigenvalue weighted by atomic mass is 10.1. The van der Waals surface area contributed by atoms with Crippen LogP contribution < -0.4 is 15.4 Å². The average Bonchev–Trinajstić information content (AvgIpc) is 2.52. The molecule has 1 aromatic carbocycles. The Morgan fingerprint density at radius 1 is 1.26 bits per heavy atom. The molecule has 0 radical (unpaired) electrons. The van der Waals surface area contributed by atoms with Crippen molar-refractivity contribution in [2.75, 3.05) is 13.6 Å². The molecular formula is C16H28N4O2S. The van der Waals surface area contributed by atoms with Crippen molar-refractivity contribution in [1.29, 1.82) is 0 Å². The van der Waals surface area contributed by atoms with Gasteiger partial charge in [0, 0.05) is 12.6 Å². The molecule has 7 heteroatoms. The van der Waals surface area contributed by atoms with E-state index in [1.807, 2.05) is 31.2 Å². The number of hydrogen-bond acceptors (Lipinski definition) is 3. The lowest BCUT2D eigenvalue weighted by Gasteiger charge is -2.16. The molecule has 130 valence electrons. The van der Waals surface area contributed by atoms with Gasteiger partial charge in [-0.05, 0) is 38.4 Å². The Balaban J connectivity index is 2.80. The Bertz CT molecular complexity index is 614. The third-order valence-electron chi connectivity index (χ3n) is 3.42. The lowest BCUT2D eigenvalue weighted by molar-refractivity contribution is 0.587. The minimum atomic E-state index is -3.26. The Morgan fingerprint density at radius 2 is 1.96 bits per heavy atom. The maximum absolute atomic E-state index is 11.6. The standard InChI is InChI=1S/C16H28N4O2S/c1-5-13(3)20-16(18-6-2)19-11-14-8-7-9-15(10-14)12-23(21,22)17-4/h7-10,13,17H,5-6,11-12H2,1-4H3,(H2,18,19,20). The number of nitrogens with one attached hydrogen (secondary N) is 3. The Labute approximate surface area is 139 Å². The van der Waals surface area contributed by atoms with E-state index in [0.29, 0.717) is 12.6 Å². The zero-order valence-corrected chi connectivity index (χ0v) is 15.2. The fourth-order valence-electron chi connectivity index (χ4n) is 1.94. The summed E-state index contributed by atoms with van der Waals surface area (Å²) in [4.78, 5) is 4.56. The fraction of sp³-hybridized carbons (Fsp3) is 0.562. The number of benzene rings is 1. The van der Waals surface area contributed by atoms with Crippen LogP contribution in [-0.2, 0) is 22.3 Å². The van der Waals surface area contributed by atoms with Crippen molar-refractivity contribution >= 4 is 16.0 Å². The van der Waals surface area contributed by atoms with Gasteiger partial charge in [0.15, 0.2) is 5.96 Å². The highest BCUT2D eigenvalue weighted by atomic mass is 32.2. The van der Waals surface area contributed by atoms with Gasteiger partial charge in [0.25, 0.3) is 0 Å². The van der Waals surface area contributed by atoms with E-state index in [4.69, 9.17) is 0 Å². The third kappa shape index (κ3) is 7.47. The molecule has 3 N–H and O–H groups in total. The first-order valence-corrected chi connectivity index (χ1v) is 9.59. The maximum atomic E-state index is 11.6. The Kier molecular flexibility index (Phi) is 8.05. The van der Waals surface area contributed by atoms with Gasteiger partial charge in [0.05, 0.1) is 12.3 Å². The van der Waals surface area contributed by atoms with E-state index >= 15 is 0 Å². The first kappa shape index (κ1) is 19.4. The van der Waals surface area contributed by atoms with Crippen LogP contribution in [0.5, 0.6) is 0 Å². The SMILES string of the molecule is CCNC(=NCc1cccc(CS(=O)(=O)NC)c1)NC(C)CC. The number of sulfonamides is 1. The maximum Gasteiger partial charge on any atom is 0.215 e. The molecule has 0 amide bonds. The van der Waals surface area contributed by atoms with Gasteiger partial charge in [-0.25, -0.2) is 18.1 Å². The van der Waals surface area contributed by atoms with Crippen LogP contribution in [-0.4, -0.2) is 34.0 Å². The number of aliphatic imine (C=N–C) groups is 1. The molecule has 1 rings (SSSR count). The van der Waals surface area contributed by atoms with E-state index in [2.05, 4.69) is 34.2 Å². The molecule has 1 unspecified atom stereocenters. The third-order valence-corrected chi connectivity index (χ3v) is 4.75. The van der Waals surface area contributed by atoms with Crippen LogP contribution in [0.15, 0.2) is 29.3 Å². The van der Waals surface area contributed by atoms with Gasteiger partial charge >= 0.3 is 0 Å². The van der Waals surface area contributed by atoms with Crippen LogP contribution in [0.1, 0.15) is 38.3 Å². The fourth-order valence-corrected chi connectivity index (χ4v) is 2.70. The molecule has 0 bridgehead atoms. The van der Waals surface area contributed by atoms with E-state index in [9.17, 15) is 8.42 Å². The largest absolute Gasteiger partial charge is 0.357 e. The van der Waals surface area contributed by atoms with Gasteiger partial charge in [-0.2, -0.15) is 0 Å². The van der Waals surface area contributed by atoms with Crippen LogP contribution in [0.25, 0.3) is 0 Å². The summed E-state index contributed by atoms with van der Waals surface area (Å²) in [5, 5.41) is 6.55. The summed E-state index contributed by atoms with van der Waals surface area (Å²) in [6.45, 7) is 7.54. The summed E-state index contributed by atoms with van der Waals surface area (Å²) in [7, 11) is -1.84. The van der Waals surface area contributed by atoms with E-state index in [0.717, 1.165) is 30.1 Å². The highest BCUT2D eigenvalue weighted by Gasteiger charge is 2.09. The summed E-state index contributed by atoms with van der Waals surface area (Å²) in [5.74, 6) is 0.752. The zero-order chi connectivity index (χ0) is 17.3. The molecule has 1 atom stereocenters. The highest BCUT2D eigenvalue weighted by Crippen LogP contribution is 2.09. The monoisotopic (exact) mass is 340 g/mol. The number of hydrogen-bond donors (Lipinski definition) is 3. The smallest absolute Gasteiger partial charge is 0.215 e. The Morgan fingerprint density at radius 3 is 2.57 bits per heavy atom. The van der Waals surface area contributed by atoms with E-state index in [1.54, 1.807) is 0 Å². The molecule has 23 heavy (non-hydrogen) atoms.